The predicted molar refractivity (Wildman–Crippen MR) is 158 cm³/mol. The Morgan fingerprint density at radius 2 is 1.88 bits per heavy atom. The van der Waals surface area contributed by atoms with E-state index in [1.54, 1.807) is 30.3 Å². The predicted octanol–water partition coefficient (Wildman–Crippen LogP) is 5.51. The number of nitrogen functional groups attached to an aromatic ring is 1. The number of anilines is 1. The van der Waals surface area contributed by atoms with E-state index in [4.69, 9.17) is 22.1 Å². The average Bonchev–Trinajstić information content (AvgIpc) is 3.39. The van der Waals surface area contributed by atoms with Crippen molar-refractivity contribution < 1.29 is 17.5 Å². The van der Waals surface area contributed by atoms with Gasteiger partial charge in [-0.05, 0) is 48.0 Å². The standard InChI is InChI=1S/C28H25ClFN5O3S2/c1-40(36,37)10-9-32-14-26-33-24(16-39-26)18-5-7-23-21(12-18)27(31)35-28(34-23)19-6-8-25(22(29)13-19)38-15-17-3-2-4-20(30)11-17/h2-8,11-13,16,32H,9-10,14-15H2,1H3,(H2,31,34,35). The van der Waals surface area contributed by atoms with Gasteiger partial charge < -0.3 is 15.8 Å². The highest BCUT2D eigenvalue weighted by Crippen LogP contribution is 2.32. The van der Waals surface area contributed by atoms with Crippen LogP contribution in [0.3, 0.4) is 0 Å². The van der Waals surface area contributed by atoms with E-state index in [0.717, 1.165) is 16.3 Å². The molecule has 0 saturated carbocycles. The molecule has 8 nitrogen and oxygen atoms in total. The first-order valence-electron chi connectivity index (χ1n) is 12.2. The molecular formula is C28H25ClFN5O3S2. The lowest BCUT2D eigenvalue weighted by atomic mass is 10.1. The SMILES string of the molecule is CS(=O)(=O)CCNCc1nc(-c2ccc3nc(-c4ccc(OCc5cccc(F)c5)c(Cl)c4)nc(N)c3c2)cs1. The number of nitrogens with one attached hydrogen (secondary N) is 1. The van der Waals surface area contributed by atoms with Crippen LogP contribution >= 0.6 is 22.9 Å². The van der Waals surface area contributed by atoms with Crippen molar-refractivity contribution in [2.75, 3.05) is 24.3 Å². The maximum absolute atomic E-state index is 13.4. The number of thiazole rings is 1. The Labute approximate surface area is 240 Å². The molecule has 0 fully saturated rings. The third-order valence-electron chi connectivity index (χ3n) is 5.97. The van der Waals surface area contributed by atoms with Crippen LogP contribution in [0, 0.1) is 5.82 Å². The van der Waals surface area contributed by atoms with Gasteiger partial charge in [-0.25, -0.2) is 27.8 Å². The van der Waals surface area contributed by atoms with E-state index in [1.807, 2.05) is 23.6 Å². The number of hydrogen-bond donors (Lipinski definition) is 2. The first-order chi connectivity index (χ1) is 19.1. The fraction of sp³-hybridized carbons (Fsp3) is 0.179. The zero-order chi connectivity index (χ0) is 28.3. The lowest BCUT2D eigenvalue weighted by Crippen LogP contribution is -2.21. The highest BCUT2D eigenvalue weighted by Gasteiger charge is 2.13. The molecule has 0 amide bonds. The maximum Gasteiger partial charge on any atom is 0.162 e. The molecule has 5 rings (SSSR count). The lowest BCUT2D eigenvalue weighted by molar-refractivity contribution is 0.306. The van der Waals surface area contributed by atoms with Gasteiger partial charge in [0.05, 0.1) is 22.0 Å². The molecule has 0 unspecified atom stereocenters. The highest BCUT2D eigenvalue weighted by molar-refractivity contribution is 7.90. The van der Waals surface area contributed by atoms with Gasteiger partial charge in [-0.15, -0.1) is 11.3 Å². The maximum atomic E-state index is 13.4. The Hall–Kier alpha value is -3.64. The van der Waals surface area contributed by atoms with Gasteiger partial charge in [0, 0.05) is 41.2 Å². The van der Waals surface area contributed by atoms with Crippen LogP contribution in [-0.4, -0.2) is 41.9 Å². The van der Waals surface area contributed by atoms with Crippen molar-refractivity contribution in [3.63, 3.8) is 0 Å². The second-order valence-corrected chi connectivity index (χ2v) is 12.8. The summed E-state index contributed by atoms with van der Waals surface area (Å²) in [6.07, 6.45) is 1.22. The van der Waals surface area contributed by atoms with Gasteiger partial charge >= 0.3 is 0 Å². The summed E-state index contributed by atoms with van der Waals surface area (Å²) >= 11 is 7.95. The van der Waals surface area contributed by atoms with Gasteiger partial charge in [-0.3, -0.25) is 0 Å². The number of nitrogens with two attached hydrogens (primary N) is 1. The van der Waals surface area contributed by atoms with Crippen molar-refractivity contribution in [2.45, 2.75) is 13.2 Å². The summed E-state index contributed by atoms with van der Waals surface area (Å²) in [6, 6.07) is 17.1. The van der Waals surface area contributed by atoms with E-state index in [-0.39, 0.29) is 18.2 Å². The van der Waals surface area contributed by atoms with Crippen molar-refractivity contribution in [3.8, 4) is 28.4 Å². The molecule has 0 aliphatic rings. The van der Waals surface area contributed by atoms with Crippen LogP contribution in [0.25, 0.3) is 33.5 Å². The average molecular weight is 598 g/mol. The van der Waals surface area contributed by atoms with Gasteiger partial charge in [0.25, 0.3) is 0 Å². The summed E-state index contributed by atoms with van der Waals surface area (Å²) in [5, 5.41) is 6.97. The first kappa shape index (κ1) is 27.9. The molecule has 12 heteroatoms. The lowest BCUT2D eigenvalue weighted by Gasteiger charge is -2.11. The molecule has 0 radical (unpaired) electrons. The minimum Gasteiger partial charge on any atom is -0.487 e. The molecule has 0 atom stereocenters. The summed E-state index contributed by atoms with van der Waals surface area (Å²) < 4.78 is 41.7. The largest absolute Gasteiger partial charge is 0.487 e. The Balaban J connectivity index is 1.30. The molecule has 3 N–H and O–H groups in total. The van der Waals surface area contributed by atoms with Crippen LogP contribution in [0.15, 0.2) is 66.0 Å². The monoisotopic (exact) mass is 597 g/mol. The van der Waals surface area contributed by atoms with Gasteiger partial charge in [0.1, 0.15) is 38.8 Å². The Morgan fingerprint density at radius 3 is 2.65 bits per heavy atom. The van der Waals surface area contributed by atoms with Crippen LogP contribution in [0.1, 0.15) is 10.6 Å². The van der Waals surface area contributed by atoms with Crippen LogP contribution < -0.4 is 15.8 Å². The van der Waals surface area contributed by atoms with Gasteiger partial charge in [0.15, 0.2) is 5.82 Å². The van der Waals surface area contributed by atoms with E-state index >= 15 is 0 Å². The van der Waals surface area contributed by atoms with Crippen molar-refractivity contribution in [2.24, 2.45) is 0 Å². The molecule has 2 heterocycles. The van der Waals surface area contributed by atoms with Crippen molar-refractivity contribution in [1.82, 2.24) is 20.3 Å². The summed E-state index contributed by atoms with van der Waals surface area (Å²) in [4.78, 5) is 13.8. The molecule has 2 aromatic heterocycles. The molecular weight excluding hydrogens is 573 g/mol. The second-order valence-electron chi connectivity index (χ2n) is 9.16. The number of aromatic nitrogens is 3. The first-order valence-corrected chi connectivity index (χ1v) is 15.5. The van der Waals surface area contributed by atoms with Gasteiger partial charge in [-0.1, -0.05) is 29.8 Å². The third-order valence-corrected chi connectivity index (χ3v) is 8.06. The minimum absolute atomic E-state index is 0.0812. The number of nitrogens with zero attached hydrogens (tertiary/aromatic N) is 3. The van der Waals surface area contributed by atoms with Crippen LogP contribution in [-0.2, 0) is 23.0 Å². The van der Waals surface area contributed by atoms with Crippen LogP contribution in [0.4, 0.5) is 10.2 Å². The molecule has 3 aromatic carbocycles. The smallest absolute Gasteiger partial charge is 0.162 e. The molecule has 0 spiro atoms. The Bertz CT molecular complexity index is 1800. The van der Waals surface area contributed by atoms with Crippen molar-refractivity contribution in [3.05, 3.63) is 87.5 Å². The Morgan fingerprint density at radius 1 is 1.05 bits per heavy atom. The quantitative estimate of drug-likeness (QED) is 0.202. The summed E-state index contributed by atoms with van der Waals surface area (Å²) in [7, 11) is -3.01. The topological polar surface area (TPSA) is 120 Å². The number of rotatable bonds is 10. The fourth-order valence-corrected chi connectivity index (χ4v) is 5.49. The zero-order valence-corrected chi connectivity index (χ0v) is 23.8. The number of halogens is 2. The summed E-state index contributed by atoms with van der Waals surface area (Å²) in [5.41, 5.74) is 10.0. The number of hydrogen-bond acceptors (Lipinski definition) is 9. The molecule has 0 aliphatic heterocycles. The highest BCUT2D eigenvalue weighted by atomic mass is 35.5. The summed E-state index contributed by atoms with van der Waals surface area (Å²) in [6.45, 7) is 1.04. The minimum atomic E-state index is -3.01. The molecule has 0 saturated heterocycles. The van der Waals surface area contributed by atoms with Crippen molar-refractivity contribution >= 4 is 49.5 Å². The van der Waals surface area contributed by atoms with E-state index in [0.29, 0.717) is 57.5 Å². The van der Waals surface area contributed by atoms with Gasteiger partial charge in [0.2, 0.25) is 0 Å². The third kappa shape index (κ3) is 6.92. The molecule has 5 aromatic rings. The number of fused-ring (bicyclic) bond motifs is 1. The van der Waals surface area contributed by atoms with E-state index < -0.39 is 9.84 Å². The number of benzene rings is 3. The molecule has 40 heavy (non-hydrogen) atoms. The second kappa shape index (κ2) is 11.8. The fourth-order valence-electron chi connectivity index (χ4n) is 3.96. The molecule has 0 aliphatic carbocycles. The number of sulfone groups is 1. The van der Waals surface area contributed by atoms with E-state index in [1.165, 1.54) is 29.7 Å². The molecule has 206 valence electrons. The van der Waals surface area contributed by atoms with Crippen LogP contribution in [0.2, 0.25) is 5.02 Å². The van der Waals surface area contributed by atoms with E-state index in [9.17, 15) is 12.8 Å². The zero-order valence-electron chi connectivity index (χ0n) is 21.4. The normalized spacial score (nSPS) is 11.7. The van der Waals surface area contributed by atoms with Crippen molar-refractivity contribution in [1.29, 1.82) is 0 Å². The number of ether oxygens (including phenoxy) is 1. The van der Waals surface area contributed by atoms with Gasteiger partial charge in [-0.2, -0.15) is 0 Å². The van der Waals surface area contributed by atoms with Crippen LogP contribution in [0.5, 0.6) is 5.75 Å². The van der Waals surface area contributed by atoms with E-state index in [2.05, 4.69) is 20.3 Å². The Kier molecular flexibility index (Phi) is 8.27. The molecule has 0 bridgehead atoms. The summed E-state index contributed by atoms with van der Waals surface area (Å²) in [5.74, 6) is 0.960.